The molecule has 9 aromatic rings. The number of anilines is 6. The predicted octanol–water partition coefficient (Wildman–Crippen LogP) is 17.1. The third kappa shape index (κ3) is 21.1. The highest BCUT2D eigenvalue weighted by atomic mass is 35.5. The quantitative estimate of drug-likeness (QED) is 0.0440. The van der Waals surface area contributed by atoms with E-state index in [4.69, 9.17) is 54.2 Å². The second kappa shape index (κ2) is 38.6. The molecule has 0 aromatic heterocycles. The summed E-state index contributed by atoms with van der Waals surface area (Å²) in [7, 11) is 9.04. The molecule has 3 aliphatic heterocycles. The number of para-hydroxylation sites is 3. The number of hydrogen-bond donors (Lipinski definition) is 6. The highest BCUT2D eigenvalue weighted by molar-refractivity contribution is 7.87. The van der Waals surface area contributed by atoms with Gasteiger partial charge in [-0.2, -0.15) is 13.1 Å². The summed E-state index contributed by atoms with van der Waals surface area (Å²) in [6, 6.07) is 50.2. The number of methoxy groups -OCH3 is 3. The molecule has 642 valence electrons. The van der Waals surface area contributed by atoms with E-state index < -0.39 is 45.4 Å². The molecule has 0 bridgehead atoms. The number of amides is 6. The Morgan fingerprint density at radius 2 is 0.787 bits per heavy atom. The number of carbonyl (C=O) groups is 6. The average molecular weight is 1740 g/mol. The number of likely N-dealkylation sites (N-methyl/N-ethyl adjacent to an activating group) is 1. The lowest BCUT2D eigenvalue weighted by Gasteiger charge is -2.29. The van der Waals surface area contributed by atoms with Crippen molar-refractivity contribution in [2.75, 3.05) is 113 Å². The second-order valence-electron chi connectivity index (χ2n) is 33.2. The van der Waals surface area contributed by atoms with Gasteiger partial charge in [0.1, 0.15) is 34.7 Å². The molecular formula is C93H101Cl3F3N11O11S. The monoisotopic (exact) mass is 1740 g/mol. The third-order valence-corrected chi connectivity index (χ3v) is 26.3. The van der Waals surface area contributed by atoms with Crippen LogP contribution in [0.2, 0.25) is 15.1 Å². The Morgan fingerprint density at radius 3 is 1.12 bits per heavy atom. The van der Waals surface area contributed by atoms with Crippen molar-refractivity contribution in [1.29, 1.82) is 0 Å². The van der Waals surface area contributed by atoms with E-state index in [0.29, 0.717) is 103 Å². The minimum atomic E-state index is -3.81. The molecule has 6 aliphatic rings. The number of hydrogen-bond acceptors (Lipinski definition) is 14. The topological polar surface area (TPSA) is 267 Å². The van der Waals surface area contributed by atoms with Crippen molar-refractivity contribution in [2.24, 2.45) is 21.4 Å². The van der Waals surface area contributed by atoms with Gasteiger partial charge >= 0.3 is 0 Å². The van der Waals surface area contributed by atoms with Gasteiger partial charge in [0.05, 0.1) is 70.1 Å². The maximum Gasteiger partial charge on any atom is 0.274 e. The van der Waals surface area contributed by atoms with Crippen LogP contribution in [0.4, 0.5) is 47.3 Å². The van der Waals surface area contributed by atoms with Gasteiger partial charge in [-0.1, -0.05) is 89.4 Å². The van der Waals surface area contributed by atoms with Crippen LogP contribution in [0.1, 0.15) is 156 Å². The van der Waals surface area contributed by atoms with Crippen LogP contribution in [0.15, 0.2) is 182 Å². The molecule has 7 N–H and O–H groups in total. The molecule has 3 fully saturated rings. The lowest BCUT2D eigenvalue weighted by Crippen LogP contribution is -2.39. The molecule has 3 unspecified atom stereocenters. The Labute approximate surface area is 725 Å². The number of rotatable bonds is 19. The van der Waals surface area contributed by atoms with Gasteiger partial charge in [-0.05, 0) is 285 Å². The molecule has 3 saturated carbocycles. The first kappa shape index (κ1) is 89.4. The lowest BCUT2D eigenvalue weighted by atomic mass is 9.77. The van der Waals surface area contributed by atoms with Crippen LogP contribution in [0.25, 0.3) is 0 Å². The number of carbonyl (C=O) groups excluding carboxylic acids is 6. The molecule has 0 radical (unpaired) electrons. The molecule has 3 spiro atoms. The lowest BCUT2D eigenvalue weighted by molar-refractivity contribution is 0.0975. The maximum atomic E-state index is 14.0. The first-order valence-electron chi connectivity index (χ1n) is 40.7. The van der Waals surface area contributed by atoms with Crippen molar-refractivity contribution in [1.82, 2.24) is 19.8 Å². The molecule has 6 amide bonds. The van der Waals surface area contributed by atoms with Crippen molar-refractivity contribution in [2.45, 2.75) is 114 Å². The SMILES string of the molecule is COc1cc(C(=O)N2CC[C@@]3(CCC(N(C)C)C3)Cc3ccccc32)ccc1NC(=O)c1cc(F)ccc1Cl.COc1cc(C(=O)N2CC[C@@]3(CCC(NCCN(C)C)C3)Cc3ccccc32)ccc1NC(=O)c1cc(F)ccc1Cl.COc1cc(C(=O)N2CC[C@@]3(CCC(NS(N)(=O)=O)C3)Cc3ccccc32)ccc1NC(=O)c1cc(F)ccc1Cl. The number of benzene rings is 9. The van der Waals surface area contributed by atoms with Gasteiger partial charge < -0.3 is 60.0 Å². The maximum absolute atomic E-state index is 14.0. The summed E-state index contributed by atoms with van der Waals surface area (Å²) in [6.45, 7) is 3.69. The van der Waals surface area contributed by atoms with E-state index in [2.05, 4.69) is 76.1 Å². The Morgan fingerprint density at radius 1 is 0.451 bits per heavy atom. The first-order valence-corrected chi connectivity index (χ1v) is 43.4. The van der Waals surface area contributed by atoms with Crippen LogP contribution in [-0.2, 0) is 29.5 Å². The van der Waals surface area contributed by atoms with E-state index in [1.165, 1.54) is 69.2 Å². The molecule has 3 heterocycles. The Bertz CT molecular complexity index is 5560. The number of nitrogens with one attached hydrogen (secondary N) is 5. The molecule has 29 heteroatoms. The zero-order valence-corrected chi connectivity index (χ0v) is 72.3. The summed E-state index contributed by atoms with van der Waals surface area (Å²) in [5, 5.41) is 17.5. The highest BCUT2D eigenvalue weighted by Gasteiger charge is 2.46. The number of halogens is 6. The van der Waals surface area contributed by atoms with Crippen molar-refractivity contribution < 1.29 is 64.6 Å². The second-order valence-corrected chi connectivity index (χ2v) is 35.7. The van der Waals surface area contributed by atoms with E-state index in [9.17, 15) is 50.4 Å². The fourth-order valence-corrected chi connectivity index (χ4v) is 19.6. The Balaban J connectivity index is 0.000000158. The van der Waals surface area contributed by atoms with Crippen molar-refractivity contribution >= 4 is 115 Å². The van der Waals surface area contributed by atoms with Gasteiger partial charge in [-0.25, -0.2) is 18.3 Å². The smallest absolute Gasteiger partial charge is 0.274 e. The predicted molar refractivity (Wildman–Crippen MR) is 473 cm³/mol. The normalized spacial score (nSPS) is 20.3. The number of fused-ring (bicyclic) bond motifs is 3. The molecule has 22 nitrogen and oxygen atoms in total. The minimum absolute atomic E-state index is 0.0102. The van der Waals surface area contributed by atoms with Gasteiger partial charge in [0.15, 0.2) is 0 Å². The number of ether oxygens (including phenoxy) is 3. The zero-order valence-electron chi connectivity index (χ0n) is 69.2. The molecule has 15 rings (SSSR count). The van der Waals surface area contributed by atoms with Crippen LogP contribution in [-0.4, -0.2) is 154 Å². The van der Waals surface area contributed by atoms with E-state index in [0.717, 1.165) is 124 Å². The third-order valence-electron chi connectivity index (χ3n) is 24.6. The van der Waals surface area contributed by atoms with Gasteiger partial charge in [-0.3, -0.25) is 28.8 Å². The van der Waals surface area contributed by atoms with Gasteiger partial charge in [-0.15, -0.1) is 0 Å². The number of nitrogens with zero attached hydrogens (tertiary/aromatic N) is 5. The van der Waals surface area contributed by atoms with Crippen molar-refractivity contribution in [3.63, 3.8) is 0 Å². The van der Waals surface area contributed by atoms with Crippen LogP contribution in [0, 0.1) is 33.7 Å². The van der Waals surface area contributed by atoms with E-state index in [1.807, 2.05) is 70.5 Å². The fourth-order valence-electron chi connectivity index (χ4n) is 18.3. The molecule has 122 heavy (non-hydrogen) atoms. The summed E-state index contributed by atoms with van der Waals surface area (Å²) in [5.41, 5.74) is 8.54. The van der Waals surface area contributed by atoms with E-state index in [-0.39, 0.29) is 77.5 Å². The van der Waals surface area contributed by atoms with Crippen LogP contribution in [0.3, 0.4) is 0 Å². The molecular weight excluding hydrogens is 1640 g/mol. The molecule has 3 aliphatic carbocycles. The van der Waals surface area contributed by atoms with Crippen LogP contribution >= 0.6 is 34.8 Å². The van der Waals surface area contributed by atoms with Gasteiger partial charge in [0, 0.05) is 84.6 Å². The fraction of sp³-hybridized carbons (Fsp3) is 0.355. The average Bonchev–Trinajstić information content (AvgIpc) is 1.60. The number of nitrogens with two attached hydrogens (primary N) is 1. The van der Waals surface area contributed by atoms with Crippen molar-refractivity contribution in [3.8, 4) is 17.2 Å². The van der Waals surface area contributed by atoms with Crippen LogP contribution < -0.4 is 60.0 Å². The summed E-state index contributed by atoms with van der Waals surface area (Å²) >= 11 is 18.3. The highest BCUT2D eigenvalue weighted by Crippen LogP contribution is 2.52. The molecule has 6 atom stereocenters. The summed E-state index contributed by atoms with van der Waals surface area (Å²) in [4.78, 5) is 90.2. The minimum Gasteiger partial charge on any atom is -0.495 e. The van der Waals surface area contributed by atoms with Gasteiger partial charge in [0.25, 0.3) is 45.7 Å². The zero-order chi connectivity index (χ0) is 87.0. The Hall–Kier alpha value is -10.4. The molecule has 9 aromatic carbocycles. The largest absolute Gasteiger partial charge is 0.495 e. The van der Waals surface area contributed by atoms with E-state index in [1.54, 1.807) is 59.5 Å². The van der Waals surface area contributed by atoms with Crippen LogP contribution in [0.5, 0.6) is 17.2 Å². The van der Waals surface area contributed by atoms with E-state index >= 15 is 0 Å². The van der Waals surface area contributed by atoms with Gasteiger partial charge in [0.2, 0.25) is 0 Å². The Kier molecular flexibility index (Phi) is 28.3. The first-order chi connectivity index (χ1) is 58.3. The molecule has 0 saturated heterocycles. The van der Waals surface area contributed by atoms with Crippen molar-refractivity contribution in [3.05, 3.63) is 265 Å². The summed E-state index contributed by atoms with van der Waals surface area (Å²) in [5.74, 6) is -3.07. The summed E-state index contributed by atoms with van der Waals surface area (Å²) in [6.07, 6.45) is 14.2. The summed E-state index contributed by atoms with van der Waals surface area (Å²) < 4.78 is 83.4. The standard InChI is InChI=1S/C33H38ClFN4O3.C31H33ClFN3O3.C29H30ClFN4O5S/c1-38(2)17-15-36-25-12-13-33(21-25)14-16-39(29-7-5-4-6-23(29)20-33)32(41)22-8-11-28(30(18-22)42-3)37-31(40)26-19-24(35)9-10-27(26)34;1-35(2)23-12-13-31(19-23)14-15-36(27-7-5-4-6-21(27)18-31)30(38)20-8-11-26(28(16-20)39-3)34-29(37)24-17-22(33)9-10-25(24)32;1-40-26-14-18(6-9-24(26)33-27(36)22-15-20(31)7-8-23(22)30)28(37)35-13-12-29(16-19-4-2-3-5-25(19)35)11-10-21(17-29)34-41(32,38)39/h4-11,18-19,25,36H,12-17,20-21H2,1-3H3,(H,37,40);4-11,16-17,23H,12-15,18-19H2,1-3H3,(H,34,37);2-9,14-15,21,34H,10-13,16-17H2,1H3,(H,33,36)(H2,32,38,39)/t25?,33-;23?,31-;21?,29-/m000/s1.